The summed E-state index contributed by atoms with van der Waals surface area (Å²) in [6.45, 7) is 7.28. The molecule has 0 N–H and O–H groups in total. The highest BCUT2D eigenvalue weighted by Crippen LogP contribution is 2.28. The predicted molar refractivity (Wildman–Crippen MR) is 107 cm³/mol. The number of rotatable bonds is 4. The van der Waals surface area contributed by atoms with Gasteiger partial charge in [0.05, 0.1) is 7.11 Å². The second kappa shape index (κ2) is 8.19. The summed E-state index contributed by atoms with van der Waals surface area (Å²) in [5, 5.41) is 0. The van der Waals surface area contributed by atoms with Crippen LogP contribution in [-0.2, 0) is 0 Å². The normalized spacial score (nSPS) is 26.9. The molecule has 5 heteroatoms. The van der Waals surface area contributed by atoms with Gasteiger partial charge < -0.3 is 9.64 Å². The van der Waals surface area contributed by atoms with Crippen LogP contribution < -0.4 is 9.64 Å². The van der Waals surface area contributed by atoms with Crippen molar-refractivity contribution in [1.82, 2.24) is 9.80 Å². The minimum atomic E-state index is 0.803. The quantitative estimate of drug-likeness (QED) is 0.819. The minimum Gasteiger partial charge on any atom is -0.497 e. The van der Waals surface area contributed by atoms with Crippen molar-refractivity contribution in [2.75, 3.05) is 62.8 Å². The molecule has 3 aliphatic heterocycles. The summed E-state index contributed by atoms with van der Waals surface area (Å²) in [6.07, 6.45) is 4.13. The Hall–Kier alpha value is -0.910. The monoisotopic (exact) mass is 361 g/mol. The van der Waals surface area contributed by atoms with Gasteiger partial charge in [0, 0.05) is 55.8 Å². The highest BCUT2D eigenvalue weighted by atomic mass is 32.2. The van der Waals surface area contributed by atoms with E-state index in [0.29, 0.717) is 0 Å². The molecule has 3 heterocycles. The van der Waals surface area contributed by atoms with E-state index < -0.39 is 0 Å². The highest BCUT2D eigenvalue weighted by Gasteiger charge is 2.31. The lowest BCUT2D eigenvalue weighted by molar-refractivity contribution is 0.0858. The van der Waals surface area contributed by atoms with Crippen molar-refractivity contribution in [3.05, 3.63) is 24.3 Å². The van der Waals surface area contributed by atoms with Crippen LogP contribution in [0.25, 0.3) is 0 Å². The number of methoxy groups -OCH3 is 1. The molecule has 1 aromatic carbocycles. The highest BCUT2D eigenvalue weighted by molar-refractivity contribution is 7.99. The average molecular weight is 362 g/mol. The van der Waals surface area contributed by atoms with E-state index in [1.807, 2.05) is 6.07 Å². The maximum Gasteiger partial charge on any atom is 0.120 e. The standard InChI is InChI=1S/C20H31N3OS/c1-24-20-4-2-3-18(15-20)23-12-10-22(11-13-23)17-5-8-21(9-6-17)19-7-14-25-16-19/h2-4,15,17,19H,5-14,16H2,1H3/t19-/m1/s1. The average Bonchev–Trinajstić information content (AvgIpc) is 3.23. The first-order valence-corrected chi connectivity index (χ1v) is 10.9. The van der Waals surface area contributed by atoms with Crippen molar-refractivity contribution in [3.8, 4) is 5.75 Å². The Morgan fingerprint density at radius 3 is 2.36 bits per heavy atom. The Bertz CT molecular complexity index is 548. The zero-order chi connectivity index (χ0) is 17.1. The number of hydrogen-bond acceptors (Lipinski definition) is 5. The molecule has 3 aliphatic rings. The van der Waals surface area contributed by atoms with Gasteiger partial charge in [-0.1, -0.05) is 6.07 Å². The van der Waals surface area contributed by atoms with E-state index in [1.165, 1.54) is 62.6 Å². The Kier molecular flexibility index (Phi) is 5.73. The number of piperazine rings is 1. The summed E-state index contributed by atoms with van der Waals surface area (Å²) in [5.74, 6) is 3.69. The lowest BCUT2D eigenvalue weighted by Crippen LogP contribution is -2.54. The lowest BCUT2D eigenvalue weighted by Gasteiger charge is -2.44. The summed E-state index contributed by atoms with van der Waals surface area (Å²) in [6, 6.07) is 10.2. The third kappa shape index (κ3) is 4.09. The third-order valence-electron chi connectivity index (χ3n) is 6.17. The molecular weight excluding hydrogens is 330 g/mol. The van der Waals surface area contributed by atoms with Gasteiger partial charge in [-0.25, -0.2) is 0 Å². The molecule has 0 radical (unpaired) electrons. The number of likely N-dealkylation sites (tertiary alicyclic amines) is 1. The molecule has 0 spiro atoms. The van der Waals surface area contributed by atoms with Crippen LogP contribution in [0.4, 0.5) is 5.69 Å². The fraction of sp³-hybridized carbons (Fsp3) is 0.700. The zero-order valence-corrected chi connectivity index (χ0v) is 16.2. The van der Waals surface area contributed by atoms with Crippen molar-refractivity contribution in [2.24, 2.45) is 0 Å². The van der Waals surface area contributed by atoms with E-state index in [0.717, 1.165) is 30.9 Å². The maximum atomic E-state index is 5.37. The molecular formula is C20H31N3OS. The Balaban J connectivity index is 1.26. The van der Waals surface area contributed by atoms with Crippen LogP contribution in [0.15, 0.2) is 24.3 Å². The molecule has 0 saturated carbocycles. The van der Waals surface area contributed by atoms with Crippen molar-refractivity contribution in [1.29, 1.82) is 0 Å². The number of ether oxygens (including phenoxy) is 1. The third-order valence-corrected chi connectivity index (χ3v) is 7.32. The van der Waals surface area contributed by atoms with Crippen LogP contribution in [0, 0.1) is 0 Å². The summed E-state index contributed by atoms with van der Waals surface area (Å²) in [5.41, 5.74) is 1.30. The van der Waals surface area contributed by atoms with Gasteiger partial charge in [-0.2, -0.15) is 11.8 Å². The molecule has 0 amide bonds. The van der Waals surface area contributed by atoms with E-state index in [2.05, 4.69) is 44.7 Å². The number of piperidine rings is 1. The van der Waals surface area contributed by atoms with Gasteiger partial charge in [-0.15, -0.1) is 0 Å². The van der Waals surface area contributed by atoms with Crippen LogP contribution in [-0.4, -0.2) is 79.8 Å². The smallest absolute Gasteiger partial charge is 0.120 e. The van der Waals surface area contributed by atoms with Crippen LogP contribution in [0.5, 0.6) is 5.75 Å². The van der Waals surface area contributed by atoms with Crippen molar-refractivity contribution in [2.45, 2.75) is 31.3 Å². The second-order valence-electron chi connectivity index (χ2n) is 7.51. The zero-order valence-electron chi connectivity index (χ0n) is 15.4. The van der Waals surface area contributed by atoms with Gasteiger partial charge in [0.2, 0.25) is 0 Å². The van der Waals surface area contributed by atoms with Crippen molar-refractivity contribution < 1.29 is 4.74 Å². The number of hydrogen-bond donors (Lipinski definition) is 0. The van der Waals surface area contributed by atoms with Crippen molar-refractivity contribution in [3.63, 3.8) is 0 Å². The molecule has 0 unspecified atom stereocenters. The first kappa shape index (κ1) is 17.5. The first-order chi connectivity index (χ1) is 12.3. The van der Waals surface area contributed by atoms with Gasteiger partial charge in [0.1, 0.15) is 5.75 Å². The van der Waals surface area contributed by atoms with Crippen molar-refractivity contribution >= 4 is 17.4 Å². The number of nitrogens with zero attached hydrogens (tertiary/aromatic N) is 3. The summed E-state index contributed by atoms with van der Waals surface area (Å²) < 4.78 is 5.37. The maximum absolute atomic E-state index is 5.37. The molecule has 0 aromatic heterocycles. The van der Waals surface area contributed by atoms with Gasteiger partial charge >= 0.3 is 0 Å². The van der Waals surface area contributed by atoms with Gasteiger partial charge in [-0.3, -0.25) is 9.80 Å². The lowest BCUT2D eigenvalue weighted by atomic mass is 10.0. The van der Waals surface area contributed by atoms with Gasteiger partial charge in [0.15, 0.2) is 0 Å². The largest absolute Gasteiger partial charge is 0.497 e. The van der Waals surface area contributed by atoms with Gasteiger partial charge in [0.25, 0.3) is 0 Å². The molecule has 4 rings (SSSR count). The summed E-state index contributed by atoms with van der Waals surface area (Å²) in [7, 11) is 1.74. The molecule has 0 aliphatic carbocycles. The van der Waals surface area contributed by atoms with E-state index in [-0.39, 0.29) is 0 Å². The minimum absolute atomic E-state index is 0.803. The molecule has 138 valence electrons. The number of thioether (sulfide) groups is 1. The molecule has 3 saturated heterocycles. The fourth-order valence-electron chi connectivity index (χ4n) is 4.58. The van der Waals surface area contributed by atoms with E-state index in [9.17, 15) is 0 Å². The Morgan fingerprint density at radius 2 is 1.68 bits per heavy atom. The molecule has 3 fully saturated rings. The Labute approximate surface area is 156 Å². The van der Waals surface area contributed by atoms with E-state index in [4.69, 9.17) is 4.74 Å². The summed E-state index contributed by atoms with van der Waals surface area (Å²) in [4.78, 5) is 8.02. The van der Waals surface area contributed by atoms with Crippen LogP contribution in [0.3, 0.4) is 0 Å². The second-order valence-corrected chi connectivity index (χ2v) is 8.66. The van der Waals surface area contributed by atoms with Gasteiger partial charge in [-0.05, 0) is 50.2 Å². The summed E-state index contributed by atoms with van der Waals surface area (Å²) >= 11 is 2.14. The van der Waals surface area contributed by atoms with Crippen LogP contribution in [0.2, 0.25) is 0 Å². The van der Waals surface area contributed by atoms with E-state index in [1.54, 1.807) is 7.11 Å². The SMILES string of the molecule is COc1cccc(N2CCN(C3CCN([C@@H]4CCSC4)CC3)CC2)c1. The number of benzene rings is 1. The topological polar surface area (TPSA) is 19.0 Å². The molecule has 25 heavy (non-hydrogen) atoms. The Morgan fingerprint density at radius 1 is 0.920 bits per heavy atom. The molecule has 4 nitrogen and oxygen atoms in total. The van der Waals surface area contributed by atoms with Crippen LogP contribution in [0.1, 0.15) is 19.3 Å². The predicted octanol–water partition coefficient (Wildman–Crippen LogP) is 2.79. The van der Waals surface area contributed by atoms with E-state index >= 15 is 0 Å². The molecule has 1 aromatic rings. The molecule has 1 atom stereocenters. The fourth-order valence-corrected chi connectivity index (χ4v) is 5.83. The first-order valence-electron chi connectivity index (χ1n) is 9.78. The molecule has 0 bridgehead atoms. The van der Waals surface area contributed by atoms with Crippen LogP contribution >= 0.6 is 11.8 Å². The number of anilines is 1.